The van der Waals surface area contributed by atoms with Crippen molar-refractivity contribution in [2.24, 2.45) is 23.3 Å². The summed E-state index contributed by atoms with van der Waals surface area (Å²) in [4.78, 5) is 49.2. The van der Waals surface area contributed by atoms with Crippen LogP contribution in [0.3, 0.4) is 0 Å². The third-order valence-electron chi connectivity index (χ3n) is 5.14. The molecule has 0 saturated carbocycles. The van der Waals surface area contributed by atoms with Gasteiger partial charge in [-0.15, -0.1) is 0 Å². The van der Waals surface area contributed by atoms with Gasteiger partial charge in [-0.05, 0) is 37.6 Å². The van der Waals surface area contributed by atoms with Crippen molar-refractivity contribution in [2.45, 2.75) is 77.5 Å². The fraction of sp³-hybridized carbons (Fsp3) is 0.800. The lowest BCUT2D eigenvalue weighted by atomic mass is 9.97. The average molecular weight is 446 g/mol. The van der Waals surface area contributed by atoms with E-state index in [9.17, 15) is 24.3 Å². The maximum Gasteiger partial charge on any atom is 0.326 e. The van der Waals surface area contributed by atoms with E-state index in [0.29, 0.717) is 25.8 Å². The Morgan fingerprint density at radius 2 is 1.48 bits per heavy atom. The zero-order valence-corrected chi connectivity index (χ0v) is 18.9. The molecule has 3 amide bonds. The molecule has 0 saturated heterocycles. The van der Waals surface area contributed by atoms with Crippen LogP contribution in [-0.2, 0) is 19.2 Å². The minimum atomic E-state index is -1.18. The predicted molar refractivity (Wildman–Crippen MR) is 116 cm³/mol. The standard InChI is InChI=1S/C20H39N5O6/c1-5-12(4)16(20(30)31)25-19(29)15(11(2)3)24-18(28)14(8-6-7-9-21)23-17(27)13(22)10-26/h11-16,26H,5-10,21-22H2,1-4H3,(H,23,27)(H,24,28)(H,25,29)(H,30,31). The van der Waals surface area contributed by atoms with Gasteiger partial charge in [-0.2, -0.15) is 0 Å². The lowest BCUT2D eigenvalue weighted by Gasteiger charge is -2.28. The maximum atomic E-state index is 12.9. The fourth-order valence-electron chi connectivity index (χ4n) is 2.84. The molecule has 0 spiro atoms. The van der Waals surface area contributed by atoms with Crippen LogP contribution < -0.4 is 27.4 Å². The number of nitrogens with one attached hydrogen (secondary N) is 3. The lowest BCUT2D eigenvalue weighted by Crippen LogP contribution is -2.59. The van der Waals surface area contributed by atoms with Gasteiger partial charge in [-0.1, -0.05) is 34.1 Å². The van der Waals surface area contributed by atoms with Crippen molar-refractivity contribution in [3.8, 4) is 0 Å². The molecule has 0 aromatic heterocycles. The zero-order valence-electron chi connectivity index (χ0n) is 18.9. The average Bonchev–Trinajstić information content (AvgIpc) is 2.72. The number of nitrogens with two attached hydrogens (primary N) is 2. The van der Waals surface area contributed by atoms with Crippen LogP contribution in [0.15, 0.2) is 0 Å². The zero-order chi connectivity index (χ0) is 24.1. The van der Waals surface area contributed by atoms with E-state index in [4.69, 9.17) is 16.6 Å². The van der Waals surface area contributed by atoms with E-state index in [2.05, 4.69) is 16.0 Å². The monoisotopic (exact) mass is 445 g/mol. The Bertz CT molecular complexity index is 601. The van der Waals surface area contributed by atoms with E-state index < -0.39 is 54.5 Å². The SMILES string of the molecule is CCC(C)C(NC(=O)C(NC(=O)C(CCCCN)NC(=O)C(N)CO)C(C)C)C(=O)O. The quantitative estimate of drug-likeness (QED) is 0.150. The van der Waals surface area contributed by atoms with E-state index in [1.807, 2.05) is 6.92 Å². The molecule has 0 aliphatic heterocycles. The number of aliphatic hydroxyl groups is 1. The summed E-state index contributed by atoms with van der Waals surface area (Å²) in [6.07, 6.45) is 2.01. The Balaban J connectivity index is 5.40. The highest BCUT2D eigenvalue weighted by Gasteiger charge is 2.33. The minimum Gasteiger partial charge on any atom is -0.480 e. The van der Waals surface area contributed by atoms with E-state index >= 15 is 0 Å². The molecule has 9 N–H and O–H groups in total. The molecule has 0 fully saturated rings. The topological polar surface area (TPSA) is 197 Å². The number of carbonyl (C=O) groups is 4. The summed E-state index contributed by atoms with van der Waals surface area (Å²) in [7, 11) is 0. The van der Waals surface area contributed by atoms with E-state index in [-0.39, 0.29) is 18.3 Å². The third kappa shape index (κ3) is 10.1. The number of aliphatic hydroxyl groups excluding tert-OH is 1. The highest BCUT2D eigenvalue weighted by molar-refractivity contribution is 5.94. The summed E-state index contributed by atoms with van der Waals surface area (Å²) in [5.74, 6) is -3.69. The first kappa shape index (κ1) is 28.8. The number of carboxylic acid groups (broad SMARTS) is 1. The molecule has 0 aliphatic rings. The molecule has 0 rings (SSSR count). The molecule has 5 atom stereocenters. The molecular weight excluding hydrogens is 406 g/mol. The van der Waals surface area contributed by atoms with Gasteiger partial charge < -0.3 is 37.6 Å². The number of carboxylic acids is 1. The predicted octanol–water partition coefficient (Wildman–Crippen LogP) is -1.32. The Morgan fingerprint density at radius 3 is 1.94 bits per heavy atom. The van der Waals surface area contributed by atoms with Crippen molar-refractivity contribution in [3.63, 3.8) is 0 Å². The first-order valence-corrected chi connectivity index (χ1v) is 10.7. The molecular formula is C20H39N5O6. The number of amides is 3. The Hall–Kier alpha value is -2.24. The van der Waals surface area contributed by atoms with Crippen LogP contribution in [0.1, 0.15) is 53.4 Å². The van der Waals surface area contributed by atoms with Gasteiger partial charge in [-0.25, -0.2) is 4.79 Å². The van der Waals surface area contributed by atoms with Crippen molar-refractivity contribution in [1.82, 2.24) is 16.0 Å². The van der Waals surface area contributed by atoms with Gasteiger partial charge >= 0.3 is 5.97 Å². The molecule has 11 nitrogen and oxygen atoms in total. The van der Waals surface area contributed by atoms with E-state index in [1.54, 1.807) is 20.8 Å². The smallest absolute Gasteiger partial charge is 0.326 e. The van der Waals surface area contributed by atoms with Gasteiger partial charge in [0.25, 0.3) is 0 Å². The Kier molecular flexibility index (Phi) is 13.6. The Labute approximate surface area is 183 Å². The number of unbranched alkanes of at least 4 members (excludes halogenated alkanes) is 1. The molecule has 0 heterocycles. The second-order valence-electron chi connectivity index (χ2n) is 8.08. The molecule has 0 aliphatic carbocycles. The summed E-state index contributed by atoms with van der Waals surface area (Å²) in [6, 6.07) is -4.24. The van der Waals surface area contributed by atoms with Crippen molar-refractivity contribution in [1.29, 1.82) is 0 Å². The summed E-state index contributed by atoms with van der Waals surface area (Å²) in [5, 5.41) is 26.1. The molecule has 0 aromatic rings. The van der Waals surface area contributed by atoms with Crippen LogP contribution in [0.2, 0.25) is 0 Å². The fourth-order valence-corrected chi connectivity index (χ4v) is 2.84. The van der Waals surface area contributed by atoms with Gasteiger partial charge in [0.05, 0.1) is 6.61 Å². The molecule has 0 radical (unpaired) electrons. The second-order valence-corrected chi connectivity index (χ2v) is 8.08. The second kappa shape index (κ2) is 14.7. The van der Waals surface area contributed by atoms with Crippen LogP contribution in [0.5, 0.6) is 0 Å². The van der Waals surface area contributed by atoms with E-state index in [1.165, 1.54) is 0 Å². The summed E-state index contributed by atoms with van der Waals surface area (Å²) < 4.78 is 0. The first-order valence-electron chi connectivity index (χ1n) is 10.7. The van der Waals surface area contributed by atoms with Crippen LogP contribution in [0, 0.1) is 11.8 Å². The van der Waals surface area contributed by atoms with Crippen LogP contribution in [0.4, 0.5) is 0 Å². The van der Waals surface area contributed by atoms with Gasteiger partial charge in [-0.3, -0.25) is 14.4 Å². The largest absolute Gasteiger partial charge is 0.480 e. The van der Waals surface area contributed by atoms with Crippen molar-refractivity contribution < 1.29 is 29.4 Å². The number of rotatable bonds is 15. The van der Waals surface area contributed by atoms with Crippen molar-refractivity contribution in [3.05, 3.63) is 0 Å². The van der Waals surface area contributed by atoms with Crippen molar-refractivity contribution in [2.75, 3.05) is 13.2 Å². The minimum absolute atomic E-state index is 0.268. The summed E-state index contributed by atoms with van der Waals surface area (Å²) in [6.45, 7) is 6.81. The maximum absolute atomic E-state index is 12.9. The van der Waals surface area contributed by atoms with Gasteiger partial charge in [0, 0.05) is 0 Å². The number of hydrogen-bond donors (Lipinski definition) is 7. The van der Waals surface area contributed by atoms with Gasteiger partial charge in [0.15, 0.2) is 0 Å². The molecule has 31 heavy (non-hydrogen) atoms. The lowest BCUT2D eigenvalue weighted by molar-refractivity contribution is -0.144. The van der Waals surface area contributed by atoms with Crippen LogP contribution in [-0.4, -0.2) is 71.2 Å². The third-order valence-corrected chi connectivity index (χ3v) is 5.14. The molecule has 0 bridgehead atoms. The van der Waals surface area contributed by atoms with Crippen molar-refractivity contribution >= 4 is 23.7 Å². The highest BCUT2D eigenvalue weighted by Crippen LogP contribution is 2.11. The van der Waals surface area contributed by atoms with Crippen LogP contribution in [0.25, 0.3) is 0 Å². The highest BCUT2D eigenvalue weighted by atomic mass is 16.4. The number of carbonyl (C=O) groups excluding carboxylic acids is 3. The molecule has 180 valence electrons. The van der Waals surface area contributed by atoms with Gasteiger partial charge in [0.1, 0.15) is 24.2 Å². The normalized spacial score (nSPS) is 16.0. The Morgan fingerprint density at radius 1 is 0.903 bits per heavy atom. The van der Waals surface area contributed by atoms with Crippen LogP contribution >= 0.6 is 0 Å². The summed E-state index contributed by atoms with van der Waals surface area (Å²) in [5.41, 5.74) is 11.0. The molecule has 0 aromatic carbocycles. The molecule has 5 unspecified atom stereocenters. The number of aliphatic carboxylic acids is 1. The molecule has 11 heteroatoms. The van der Waals surface area contributed by atoms with Gasteiger partial charge in [0.2, 0.25) is 17.7 Å². The first-order chi connectivity index (χ1) is 14.5. The number of hydrogen-bond acceptors (Lipinski definition) is 7. The van der Waals surface area contributed by atoms with E-state index in [0.717, 1.165) is 0 Å². The summed E-state index contributed by atoms with van der Waals surface area (Å²) >= 11 is 0.